The number of pyridine rings is 1. The lowest BCUT2D eigenvalue weighted by molar-refractivity contribution is -0.137. The van der Waals surface area contributed by atoms with Crippen LogP contribution in [0.25, 0.3) is 16.6 Å². The highest BCUT2D eigenvalue weighted by Gasteiger charge is 2.30. The molecule has 0 spiro atoms. The van der Waals surface area contributed by atoms with Crippen molar-refractivity contribution >= 4 is 10.9 Å². The van der Waals surface area contributed by atoms with Crippen LogP contribution in [0.4, 0.5) is 13.2 Å². The van der Waals surface area contributed by atoms with Crippen molar-refractivity contribution in [2.24, 2.45) is 0 Å². The lowest BCUT2D eigenvalue weighted by Gasteiger charge is -2.12. The second-order valence-corrected chi connectivity index (χ2v) is 4.62. The molecule has 1 aromatic heterocycles. The third kappa shape index (κ3) is 2.42. The number of rotatable bonds is 1. The maximum atomic E-state index is 12.8. The van der Waals surface area contributed by atoms with Gasteiger partial charge in [-0.05, 0) is 30.3 Å². The largest absolute Gasteiger partial charge is 0.416 e. The topological polar surface area (TPSA) is 22.0 Å². The van der Waals surface area contributed by atoms with E-state index in [9.17, 15) is 18.0 Å². The summed E-state index contributed by atoms with van der Waals surface area (Å²) in [7, 11) is 0. The van der Waals surface area contributed by atoms with Crippen LogP contribution in [0, 0.1) is 0 Å². The summed E-state index contributed by atoms with van der Waals surface area (Å²) in [6.45, 7) is 0. The lowest BCUT2D eigenvalue weighted by atomic mass is 10.1. The smallest absolute Gasteiger partial charge is 0.316 e. The fourth-order valence-corrected chi connectivity index (χ4v) is 2.25. The Bertz CT molecular complexity index is 851. The predicted molar refractivity (Wildman–Crippen MR) is 74.5 cm³/mol. The van der Waals surface area contributed by atoms with Gasteiger partial charge in [0, 0.05) is 23.3 Å². The molecule has 1 heterocycles. The molecule has 3 rings (SSSR count). The Labute approximate surface area is 118 Å². The van der Waals surface area contributed by atoms with E-state index in [0.29, 0.717) is 5.52 Å². The number of nitrogens with zero attached hydrogens (tertiary/aromatic N) is 1. The van der Waals surface area contributed by atoms with E-state index < -0.39 is 17.2 Å². The van der Waals surface area contributed by atoms with Gasteiger partial charge >= 0.3 is 6.18 Å². The molecule has 0 aliphatic heterocycles. The van der Waals surface area contributed by atoms with E-state index in [1.54, 1.807) is 10.8 Å². The first kappa shape index (κ1) is 13.4. The van der Waals surface area contributed by atoms with Crippen LogP contribution in [0.2, 0.25) is 0 Å². The molecule has 2 aromatic carbocycles. The second-order valence-electron chi connectivity index (χ2n) is 4.62. The van der Waals surface area contributed by atoms with E-state index in [0.717, 1.165) is 17.8 Å². The van der Waals surface area contributed by atoms with Gasteiger partial charge in [0.1, 0.15) is 0 Å². The number of aromatic nitrogens is 1. The average molecular weight is 289 g/mol. The number of para-hydroxylation sites is 1. The molecule has 0 atom stereocenters. The molecule has 0 unspecified atom stereocenters. The van der Waals surface area contributed by atoms with Crippen LogP contribution >= 0.6 is 0 Å². The quantitative estimate of drug-likeness (QED) is 0.663. The van der Waals surface area contributed by atoms with Crippen molar-refractivity contribution in [2.75, 3.05) is 0 Å². The fourth-order valence-electron chi connectivity index (χ4n) is 2.25. The molecule has 0 saturated heterocycles. The van der Waals surface area contributed by atoms with Crippen molar-refractivity contribution in [3.8, 4) is 5.69 Å². The van der Waals surface area contributed by atoms with Crippen molar-refractivity contribution in [3.05, 3.63) is 76.6 Å². The van der Waals surface area contributed by atoms with Gasteiger partial charge < -0.3 is 4.57 Å². The monoisotopic (exact) mass is 289 g/mol. The third-order valence-electron chi connectivity index (χ3n) is 3.26. The average Bonchev–Trinajstić information content (AvgIpc) is 2.47. The van der Waals surface area contributed by atoms with E-state index in [2.05, 4.69) is 0 Å². The van der Waals surface area contributed by atoms with E-state index in [4.69, 9.17) is 0 Å². The van der Waals surface area contributed by atoms with Crippen LogP contribution in [0.5, 0.6) is 0 Å². The van der Waals surface area contributed by atoms with Crippen LogP contribution in [-0.4, -0.2) is 4.57 Å². The molecule has 0 aliphatic rings. The zero-order chi connectivity index (χ0) is 15.0. The number of fused-ring (bicyclic) bond motifs is 1. The maximum Gasteiger partial charge on any atom is 0.416 e. The summed E-state index contributed by atoms with van der Waals surface area (Å²) in [6.07, 6.45) is -2.90. The van der Waals surface area contributed by atoms with Gasteiger partial charge in [0.25, 0.3) is 0 Å². The molecule has 0 aliphatic carbocycles. The molecule has 0 fully saturated rings. The minimum atomic E-state index is -4.46. The highest BCUT2D eigenvalue weighted by atomic mass is 19.4. The van der Waals surface area contributed by atoms with Crippen molar-refractivity contribution in [1.29, 1.82) is 0 Å². The summed E-state index contributed by atoms with van der Waals surface area (Å²) in [4.78, 5) is 11.9. The maximum absolute atomic E-state index is 12.8. The Kier molecular flexibility index (Phi) is 3.05. The van der Waals surface area contributed by atoms with Gasteiger partial charge in [-0.3, -0.25) is 4.79 Å². The molecule has 106 valence electrons. The molecule has 0 amide bonds. The van der Waals surface area contributed by atoms with Crippen molar-refractivity contribution in [3.63, 3.8) is 0 Å². The molecule has 0 N–H and O–H groups in total. The van der Waals surface area contributed by atoms with Gasteiger partial charge in [-0.15, -0.1) is 0 Å². The highest BCUT2D eigenvalue weighted by Crippen LogP contribution is 2.31. The first-order valence-corrected chi connectivity index (χ1v) is 6.25. The fraction of sp³-hybridized carbons (Fsp3) is 0.0625. The Morgan fingerprint density at radius 2 is 1.62 bits per heavy atom. The van der Waals surface area contributed by atoms with Gasteiger partial charge in [0.15, 0.2) is 5.43 Å². The predicted octanol–water partition coefficient (Wildman–Crippen LogP) is 4.01. The van der Waals surface area contributed by atoms with E-state index >= 15 is 0 Å². The van der Waals surface area contributed by atoms with Crippen LogP contribution < -0.4 is 5.43 Å². The first-order valence-electron chi connectivity index (χ1n) is 6.25. The molecule has 5 heteroatoms. The minimum Gasteiger partial charge on any atom is -0.316 e. The molecule has 0 saturated carbocycles. The van der Waals surface area contributed by atoms with Gasteiger partial charge in [-0.25, -0.2) is 0 Å². The molecule has 3 aromatic rings. The summed E-state index contributed by atoms with van der Waals surface area (Å²) >= 11 is 0. The number of benzene rings is 2. The third-order valence-corrected chi connectivity index (χ3v) is 3.26. The van der Waals surface area contributed by atoms with Crippen LogP contribution in [0.1, 0.15) is 5.56 Å². The van der Waals surface area contributed by atoms with Gasteiger partial charge in [0.05, 0.1) is 11.1 Å². The van der Waals surface area contributed by atoms with E-state index in [-0.39, 0.29) is 5.39 Å². The van der Waals surface area contributed by atoms with Crippen LogP contribution in [0.3, 0.4) is 0 Å². The summed E-state index contributed by atoms with van der Waals surface area (Å²) < 4.78 is 40.0. The van der Waals surface area contributed by atoms with Crippen molar-refractivity contribution in [2.45, 2.75) is 6.18 Å². The lowest BCUT2D eigenvalue weighted by Crippen LogP contribution is -2.10. The summed E-state index contributed by atoms with van der Waals surface area (Å²) in [5.74, 6) is 0. The molecule has 21 heavy (non-hydrogen) atoms. The molecule has 2 nitrogen and oxygen atoms in total. The first-order chi connectivity index (χ1) is 9.97. The zero-order valence-corrected chi connectivity index (χ0v) is 10.8. The summed E-state index contributed by atoms with van der Waals surface area (Å²) in [5.41, 5.74) is -0.0230. The number of hydrogen-bond donors (Lipinski definition) is 0. The summed E-state index contributed by atoms with van der Waals surface area (Å²) in [5, 5.41) is 0.0520. The van der Waals surface area contributed by atoms with Gasteiger partial charge in [-0.1, -0.05) is 18.2 Å². The normalized spacial score (nSPS) is 11.8. The van der Waals surface area contributed by atoms with Crippen molar-refractivity contribution in [1.82, 2.24) is 4.57 Å². The van der Waals surface area contributed by atoms with Gasteiger partial charge in [-0.2, -0.15) is 13.2 Å². The molecular formula is C16H10F3NO. The standard InChI is InChI=1S/C16H10F3NO/c17-16(18,19)11-6-7-14-13(10-11)15(21)8-9-20(14)12-4-2-1-3-5-12/h1-10H. The molecule has 0 radical (unpaired) electrons. The number of alkyl halides is 3. The second kappa shape index (κ2) is 4.77. The highest BCUT2D eigenvalue weighted by molar-refractivity contribution is 5.81. The van der Waals surface area contributed by atoms with Crippen LogP contribution in [0.15, 0.2) is 65.6 Å². The Morgan fingerprint density at radius 3 is 2.29 bits per heavy atom. The molecule has 0 bridgehead atoms. The molecular weight excluding hydrogens is 279 g/mol. The van der Waals surface area contributed by atoms with Crippen LogP contribution in [-0.2, 0) is 6.18 Å². The van der Waals surface area contributed by atoms with E-state index in [1.807, 2.05) is 30.3 Å². The van der Waals surface area contributed by atoms with E-state index in [1.165, 1.54) is 12.1 Å². The zero-order valence-electron chi connectivity index (χ0n) is 10.8. The number of halogens is 3. The minimum absolute atomic E-state index is 0.0520. The number of hydrogen-bond acceptors (Lipinski definition) is 1. The van der Waals surface area contributed by atoms with Crippen molar-refractivity contribution < 1.29 is 13.2 Å². The Hall–Kier alpha value is -2.56. The SMILES string of the molecule is O=c1ccn(-c2ccccc2)c2ccc(C(F)(F)F)cc12. The summed E-state index contributed by atoms with van der Waals surface area (Å²) in [6, 6.07) is 13.6. The Balaban J connectivity index is 2.31. The van der Waals surface area contributed by atoms with Gasteiger partial charge in [0.2, 0.25) is 0 Å². The Morgan fingerprint density at radius 1 is 0.905 bits per heavy atom.